The third-order valence-corrected chi connectivity index (χ3v) is 1.89. The Morgan fingerprint density at radius 3 is 2.83 bits per heavy atom. The fourth-order valence-corrected chi connectivity index (χ4v) is 1.35. The molecule has 0 amide bonds. The van der Waals surface area contributed by atoms with Gasteiger partial charge in [-0.2, -0.15) is 0 Å². The molecule has 0 aliphatic carbocycles. The molecule has 0 saturated carbocycles. The molecule has 1 heterocycles. The lowest BCUT2D eigenvalue weighted by molar-refractivity contribution is 0.185. The summed E-state index contributed by atoms with van der Waals surface area (Å²) in [5.74, 6) is 1.72. The molecule has 1 unspecified atom stereocenters. The molecule has 1 nitrogen and oxygen atoms in total. The Morgan fingerprint density at radius 1 is 1.83 bits per heavy atom. The Kier molecular flexibility index (Phi) is 1.62. The summed E-state index contributed by atoms with van der Waals surface area (Å²) >= 11 is 7.20. The molecule has 0 aromatic heterocycles. The molecule has 0 spiro atoms. The summed E-state index contributed by atoms with van der Waals surface area (Å²) < 4.78 is 4.88. The van der Waals surface area contributed by atoms with E-state index in [9.17, 15) is 0 Å². The van der Waals surface area contributed by atoms with Crippen molar-refractivity contribution in [2.75, 3.05) is 11.7 Å². The normalized spacial score (nSPS) is 34.5. The zero-order valence-electron chi connectivity index (χ0n) is 3.19. The van der Waals surface area contributed by atoms with E-state index in [1.807, 2.05) is 0 Å². The third kappa shape index (κ3) is 1.03. The number of hydrogen-bond donors (Lipinski definition) is 0. The number of hydrogen-bond acceptors (Lipinski definition) is 2. The van der Waals surface area contributed by atoms with Crippen LogP contribution in [-0.4, -0.2) is 17.3 Å². The lowest BCUT2D eigenvalue weighted by atomic mass is 10.9. The Bertz CT molecular complexity index is 44.1. The molecular formula is C3H5ClOS. The Morgan fingerprint density at radius 2 is 2.67 bits per heavy atom. The second-order valence-electron chi connectivity index (χ2n) is 1.07. The highest BCUT2D eigenvalue weighted by molar-refractivity contribution is 7.99. The maximum Gasteiger partial charge on any atom is 0.141 e. The van der Waals surface area contributed by atoms with Crippen molar-refractivity contribution >= 4 is 23.4 Å². The van der Waals surface area contributed by atoms with Gasteiger partial charge >= 0.3 is 0 Å². The lowest BCUT2D eigenvalue weighted by Crippen LogP contribution is -1.94. The predicted molar refractivity (Wildman–Crippen MR) is 28.1 cm³/mol. The van der Waals surface area contributed by atoms with Crippen LogP contribution in [-0.2, 0) is 4.74 Å². The van der Waals surface area contributed by atoms with Gasteiger partial charge in [-0.15, -0.1) is 11.8 Å². The van der Waals surface area contributed by atoms with E-state index >= 15 is 0 Å². The molecule has 0 aromatic carbocycles. The second kappa shape index (κ2) is 2.05. The predicted octanol–water partition coefficient (Wildman–Crippen LogP) is 1.27. The molecule has 1 saturated heterocycles. The zero-order valence-corrected chi connectivity index (χ0v) is 4.76. The largest absolute Gasteiger partial charge is 0.351 e. The van der Waals surface area contributed by atoms with Crippen molar-refractivity contribution in [3.05, 3.63) is 0 Å². The van der Waals surface area contributed by atoms with E-state index in [4.69, 9.17) is 16.3 Å². The molecule has 0 radical (unpaired) electrons. The van der Waals surface area contributed by atoms with Crippen LogP contribution in [0.25, 0.3) is 0 Å². The van der Waals surface area contributed by atoms with Crippen molar-refractivity contribution in [2.45, 2.75) is 5.56 Å². The summed E-state index contributed by atoms with van der Waals surface area (Å²) in [5, 5.41) is 0. The first-order valence-electron chi connectivity index (χ1n) is 1.73. The van der Waals surface area contributed by atoms with Gasteiger partial charge in [-0.3, -0.25) is 0 Å². The van der Waals surface area contributed by atoms with Crippen LogP contribution in [0.4, 0.5) is 0 Å². The molecule has 1 aliphatic rings. The van der Waals surface area contributed by atoms with Crippen LogP contribution < -0.4 is 0 Å². The number of thioether (sulfide) groups is 1. The van der Waals surface area contributed by atoms with Crippen molar-refractivity contribution in [2.24, 2.45) is 0 Å². The van der Waals surface area contributed by atoms with Crippen LogP contribution >= 0.6 is 23.4 Å². The lowest BCUT2D eigenvalue weighted by Gasteiger charge is -1.89. The third-order valence-electron chi connectivity index (χ3n) is 0.581. The second-order valence-corrected chi connectivity index (χ2v) is 2.53. The average molecular weight is 125 g/mol. The summed E-state index contributed by atoms with van der Waals surface area (Å²) in [5.41, 5.74) is -0.0185. The molecule has 6 heavy (non-hydrogen) atoms. The summed E-state index contributed by atoms with van der Waals surface area (Å²) in [6, 6.07) is 0. The minimum Gasteiger partial charge on any atom is -0.351 e. The minimum atomic E-state index is -0.0185. The topological polar surface area (TPSA) is 9.23 Å². The van der Waals surface area contributed by atoms with E-state index in [1.165, 1.54) is 0 Å². The summed E-state index contributed by atoms with van der Waals surface area (Å²) in [4.78, 5) is 0. The average Bonchev–Trinajstić information content (AvgIpc) is 1.86. The molecule has 3 heteroatoms. The number of halogens is 1. The highest BCUT2D eigenvalue weighted by Crippen LogP contribution is 2.17. The SMILES string of the molecule is ClC1CSCO1. The Hall–Kier alpha value is 0.600. The first-order chi connectivity index (χ1) is 2.89. The van der Waals surface area contributed by atoms with Gasteiger partial charge in [0.15, 0.2) is 0 Å². The van der Waals surface area contributed by atoms with Crippen LogP contribution in [0.5, 0.6) is 0 Å². The number of alkyl halides is 1. The summed E-state index contributed by atoms with van der Waals surface area (Å²) in [6.07, 6.45) is 0. The van der Waals surface area contributed by atoms with Gasteiger partial charge in [-0.1, -0.05) is 11.6 Å². The van der Waals surface area contributed by atoms with Crippen LogP contribution in [0.15, 0.2) is 0 Å². The fraction of sp³-hybridized carbons (Fsp3) is 1.00. The monoisotopic (exact) mass is 124 g/mol. The van der Waals surface area contributed by atoms with Crippen molar-refractivity contribution in [3.63, 3.8) is 0 Å². The Labute approximate surface area is 46.0 Å². The minimum absolute atomic E-state index is 0.0185. The van der Waals surface area contributed by atoms with Crippen LogP contribution in [0.2, 0.25) is 0 Å². The summed E-state index contributed by atoms with van der Waals surface area (Å²) in [6.45, 7) is 0. The van der Waals surface area contributed by atoms with E-state index in [0.717, 1.165) is 11.7 Å². The quantitative estimate of drug-likeness (QED) is 0.450. The zero-order chi connectivity index (χ0) is 4.41. The first kappa shape index (κ1) is 4.75. The molecule has 0 aromatic rings. The van der Waals surface area contributed by atoms with Crippen LogP contribution in [0.1, 0.15) is 0 Å². The van der Waals surface area contributed by atoms with Crippen molar-refractivity contribution in [1.29, 1.82) is 0 Å². The van der Waals surface area contributed by atoms with E-state index in [-0.39, 0.29) is 5.56 Å². The van der Waals surface area contributed by atoms with Crippen molar-refractivity contribution < 1.29 is 4.74 Å². The van der Waals surface area contributed by atoms with Gasteiger partial charge in [0.2, 0.25) is 0 Å². The summed E-state index contributed by atoms with van der Waals surface area (Å²) in [7, 11) is 0. The molecule has 0 bridgehead atoms. The maximum absolute atomic E-state index is 5.47. The molecule has 36 valence electrons. The van der Waals surface area contributed by atoms with Crippen molar-refractivity contribution in [3.8, 4) is 0 Å². The molecule has 0 N–H and O–H groups in total. The van der Waals surface area contributed by atoms with E-state index in [2.05, 4.69) is 0 Å². The first-order valence-corrected chi connectivity index (χ1v) is 3.32. The molecular weight excluding hydrogens is 120 g/mol. The van der Waals surface area contributed by atoms with E-state index in [0.29, 0.717) is 0 Å². The fourth-order valence-electron chi connectivity index (χ4n) is 0.311. The number of ether oxygens (including phenoxy) is 1. The standard InChI is InChI=1S/C3H5ClOS/c4-3-1-6-2-5-3/h3H,1-2H2. The van der Waals surface area contributed by atoms with Crippen LogP contribution in [0.3, 0.4) is 0 Å². The molecule has 1 aliphatic heterocycles. The Balaban J connectivity index is 2.18. The number of rotatable bonds is 0. The maximum atomic E-state index is 5.47. The molecule has 1 rings (SSSR count). The van der Waals surface area contributed by atoms with E-state index in [1.54, 1.807) is 11.8 Å². The van der Waals surface area contributed by atoms with Crippen molar-refractivity contribution in [1.82, 2.24) is 0 Å². The van der Waals surface area contributed by atoms with Gasteiger partial charge in [0, 0.05) is 5.75 Å². The molecule has 1 atom stereocenters. The van der Waals surface area contributed by atoms with Gasteiger partial charge in [0.05, 0.1) is 5.94 Å². The highest BCUT2D eigenvalue weighted by Gasteiger charge is 2.10. The van der Waals surface area contributed by atoms with Gasteiger partial charge in [-0.05, 0) is 0 Å². The van der Waals surface area contributed by atoms with E-state index < -0.39 is 0 Å². The smallest absolute Gasteiger partial charge is 0.141 e. The van der Waals surface area contributed by atoms with Crippen LogP contribution in [0, 0.1) is 0 Å². The van der Waals surface area contributed by atoms with Gasteiger partial charge in [0.1, 0.15) is 5.56 Å². The van der Waals surface area contributed by atoms with Gasteiger partial charge < -0.3 is 4.74 Å². The van der Waals surface area contributed by atoms with Gasteiger partial charge in [0.25, 0.3) is 0 Å². The molecule has 1 fully saturated rings. The highest BCUT2D eigenvalue weighted by atomic mass is 35.5. The van der Waals surface area contributed by atoms with Gasteiger partial charge in [-0.25, -0.2) is 0 Å².